The molecular formula is C16H18N2O2S. The maximum atomic E-state index is 12.5. The second-order valence-electron chi connectivity index (χ2n) is 4.67. The van der Waals surface area contributed by atoms with Crippen LogP contribution < -0.4 is 10.6 Å². The van der Waals surface area contributed by atoms with E-state index in [1.54, 1.807) is 0 Å². The van der Waals surface area contributed by atoms with Crippen LogP contribution in [0, 0.1) is 6.92 Å². The SMILES string of the molecule is CCNc1sc(C(C)=O)c(C)c1C(=O)Nc1ccccc1. The van der Waals surface area contributed by atoms with E-state index in [4.69, 9.17) is 0 Å². The Balaban J connectivity index is 2.37. The molecule has 4 nitrogen and oxygen atoms in total. The van der Waals surface area contributed by atoms with Gasteiger partial charge in [0.25, 0.3) is 5.91 Å². The largest absolute Gasteiger partial charge is 0.377 e. The molecule has 0 saturated carbocycles. The average Bonchev–Trinajstić information content (AvgIpc) is 2.77. The maximum Gasteiger partial charge on any atom is 0.258 e. The zero-order valence-electron chi connectivity index (χ0n) is 12.3. The van der Waals surface area contributed by atoms with Crippen LogP contribution in [0.1, 0.15) is 39.4 Å². The predicted molar refractivity (Wildman–Crippen MR) is 87.6 cm³/mol. The van der Waals surface area contributed by atoms with Crippen LogP contribution in [-0.4, -0.2) is 18.2 Å². The molecule has 0 unspecified atom stereocenters. The average molecular weight is 302 g/mol. The number of nitrogens with one attached hydrogen (secondary N) is 2. The van der Waals surface area contributed by atoms with E-state index in [1.807, 2.05) is 44.2 Å². The minimum absolute atomic E-state index is 0.0181. The van der Waals surface area contributed by atoms with Crippen LogP contribution in [0.25, 0.3) is 0 Å². The number of anilines is 2. The maximum absolute atomic E-state index is 12.5. The molecule has 1 aromatic heterocycles. The number of thiophene rings is 1. The minimum atomic E-state index is -0.196. The fraction of sp³-hybridized carbons (Fsp3) is 0.250. The lowest BCUT2D eigenvalue weighted by Gasteiger charge is -2.08. The van der Waals surface area contributed by atoms with Crippen molar-refractivity contribution in [1.29, 1.82) is 0 Å². The van der Waals surface area contributed by atoms with Gasteiger partial charge in [-0.3, -0.25) is 9.59 Å². The second kappa shape index (κ2) is 6.54. The summed E-state index contributed by atoms with van der Waals surface area (Å²) in [5, 5.41) is 6.78. The highest BCUT2D eigenvalue weighted by Gasteiger charge is 2.22. The molecule has 1 amide bonds. The number of carbonyl (C=O) groups excluding carboxylic acids is 2. The third-order valence-corrected chi connectivity index (χ3v) is 4.41. The Bertz CT molecular complexity index is 662. The standard InChI is InChI=1S/C16H18N2O2S/c1-4-17-16-13(10(2)14(21-16)11(3)19)15(20)18-12-8-6-5-7-9-12/h5-9,17H,4H2,1-3H3,(H,18,20). The summed E-state index contributed by atoms with van der Waals surface area (Å²) >= 11 is 1.34. The van der Waals surface area contributed by atoms with E-state index in [0.717, 1.165) is 16.3 Å². The van der Waals surface area contributed by atoms with Crippen molar-refractivity contribution in [2.24, 2.45) is 0 Å². The van der Waals surface area contributed by atoms with Crippen molar-refractivity contribution in [3.8, 4) is 0 Å². The van der Waals surface area contributed by atoms with Gasteiger partial charge in [0.2, 0.25) is 0 Å². The molecule has 0 bridgehead atoms. The fourth-order valence-corrected chi connectivity index (χ4v) is 3.29. The molecular weight excluding hydrogens is 284 g/mol. The molecule has 1 aromatic carbocycles. The van der Waals surface area contributed by atoms with E-state index in [1.165, 1.54) is 18.3 Å². The van der Waals surface area contributed by atoms with Crippen LogP contribution in [0.2, 0.25) is 0 Å². The van der Waals surface area contributed by atoms with Gasteiger partial charge in [0, 0.05) is 12.2 Å². The molecule has 2 aromatic rings. The summed E-state index contributed by atoms with van der Waals surface area (Å²) in [6.07, 6.45) is 0. The van der Waals surface area contributed by atoms with Crippen molar-refractivity contribution in [2.45, 2.75) is 20.8 Å². The molecule has 0 atom stereocenters. The summed E-state index contributed by atoms with van der Waals surface area (Å²) in [5.41, 5.74) is 2.02. The zero-order chi connectivity index (χ0) is 15.4. The number of hydrogen-bond donors (Lipinski definition) is 2. The van der Waals surface area contributed by atoms with Gasteiger partial charge in [-0.1, -0.05) is 18.2 Å². The topological polar surface area (TPSA) is 58.2 Å². The first-order valence-corrected chi connectivity index (χ1v) is 7.60. The number of amides is 1. The number of rotatable bonds is 5. The van der Waals surface area contributed by atoms with E-state index < -0.39 is 0 Å². The highest BCUT2D eigenvalue weighted by atomic mass is 32.1. The van der Waals surface area contributed by atoms with E-state index in [9.17, 15) is 9.59 Å². The van der Waals surface area contributed by atoms with Crippen molar-refractivity contribution in [3.63, 3.8) is 0 Å². The molecule has 0 spiro atoms. The van der Waals surface area contributed by atoms with E-state index in [2.05, 4.69) is 10.6 Å². The molecule has 5 heteroatoms. The number of carbonyl (C=O) groups is 2. The monoisotopic (exact) mass is 302 g/mol. The fourth-order valence-electron chi connectivity index (χ4n) is 2.12. The van der Waals surface area contributed by atoms with Crippen molar-refractivity contribution < 1.29 is 9.59 Å². The molecule has 0 saturated heterocycles. The zero-order valence-corrected chi connectivity index (χ0v) is 13.1. The summed E-state index contributed by atoms with van der Waals surface area (Å²) in [7, 11) is 0. The number of ketones is 1. The van der Waals surface area contributed by atoms with Gasteiger partial charge >= 0.3 is 0 Å². The summed E-state index contributed by atoms with van der Waals surface area (Å²) in [6.45, 7) is 5.99. The normalized spacial score (nSPS) is 10.2. The predicted octanol–water partition coefficient (Wildman–Crippen LogP) is 3.94. The van der Waals surface area contributed by atoms with E-state index >= 15 is 0 Å². The Morgan fingerprint density at radius 2 is 1.86 bits per heavy atom. The lowest BCUT2D eigenvalue weighted by molar-refractivity contribution is 0.102. The molecule has 0 aliphatic rings. The van der Waals surface area contributed by atoms with Crippen LogP contribution in [0.15, 0.2) is 30.3 Å². The molecule has 0 radical (unpaired) electrons. The lowest BCUT2D eigenvalue weighted by atomic mass is 10.1. The van der Waals surface area contributed by atoms with Gasteiger partial charge in [-0.05, 0) is 38.5 Å². The molecule has 21 heavy (non-hydrogen) atoms. The van der Waals surface area contributed by atoms with Gasteiger partial charge in [-0.15, -0.1) is 11.3 Å². The third kappa shape index (κ3) is 3.31. The Hall–Kier alpha value is -2.14. The van der Waals surface area contributed by atoms with E-state index in [-0.39, 0.29) is 11.7 Å². The first-order valence-electron chi connectivity index (χ1n) is 6.79. The van der Waals surface area contributed by atoms with Gasteiger partial charge in [-0.2, -0.15) is 0 Å². The van der Waals surface area contributed by atoms with Crippen LogP contribution in [0.4, 0.5) is 10.7 Å². The van der Waals surface area contributed by atoms with Gasteiger partial charge in [0.05, 0.1) is 10.4 Å². The lowest BCUT2D eigenvalue weighted by Crippen LogP contribution is -2.14. The Morgan fingerprint density at radius 3 is 2.43 bits per heavy atom. The van der Waals surface area contributed by atoms with Gasteiger partial charge in [0.1, 0.15) is 5.00 Å². The molecule has 2 rings (SSSR count). The third-order valence-electron chi connectivity index (χ3n) is 3.06. The first-order chi connectivity index (χ1) is 10.0. The number of Topliss-reactive ketones (excluding diaryl/α,β-unsaturated/α-hetero) is 1. The Kier molecular flexibility index (Phi) is 4.75. The van der Waals surface area contributed by atoms with Crippen molar-refractivity contribution >= 4 is 33.7 Å². The Labute approximate surface area is 128 Å². The summed E-state index contributed by atoms with van der Waals surface area (Å²) in [5.74, 6) is -0.214. The van der Waals surface area contributed by atoms with Gasteiger partial charge in [0.15, 0.2) is 5.78 Å². The minimum Gasteiger partial charge on any atom is -0.377 e. The summed E-state index contributed by atoms with van der Waals surface area (Å²) in [6, 6.07) is 9.28. The summed E-state index contributed by atoms with van der Waals surface area (Å²) in [4.78, 5) is 24.8. The smallest absolute Gasteiger partial charge is 0.258 e. The van der Waals surface area contributed by atoms with Gasteiger partial charge < -0.3 is 10.6 Å². The number of para-hydroxylation sites is 1. The van der Waals surface area contributed by atoms with Crippen LogP contribution >= 0.6 is 11.3 Å². The molecule has 110 valence electrons. The van der Waals surface area contributed by atoms with Crippen molar-refractivity contribution in [1.82, 2.24) is 0 Å². The van der Waals surface area contributed by atoms with Gasteiger partial charge in [-0.25, -0.2) is 0 Å². The van der Waals surface area contributed by atoms with Crippen molar-refractivity contribution in [2.75, 3.05) is 17.2 Å². The quantitative estimate of drug-likeness (QED) is 0.822. The number of hydrogen-bond acceptors (Lipinski definition) is 4. The van der Waals surface area contributed by atoms with Crippen molar-refractivity contribution in [3.05, 3.63) is 46.3 Å². The molecule has 0 fully saturated rings. The highest BCUT2D eigenvalue weighted by molar-refractivity contribution is 7.18. The highest BCUT2D eigenvalue weighted by Crippen LogP contribution is 2.33. The molecule has 1 heterocycles. The molecule has 0 aliphatic carbocycles. The Morgan fingerprint density at radius 1 is 1.19 bits per heavy atom. The first kappa shape index (κ1) is 15.3. The van der Waals surface area contributed by atoms with Crippen LogP contribution in [0.3, 0.4) is 0 Å². The van der Waals surface area contributed by atoms with Crippen LogP contribution in [-0.2, 0) is 0 Å². The molecule has 2 N–H and O–H groups in total. The van der Waals surface area contributed by atoms with Crippen LogP contribution in [0.5, 0.6) is 0 Å². The second-order valence-corrected chi connectivity index (χ2v) is 5.69. The van der Waals surface area contributed by atoms with E-state index in [0.29, 0.717) is 17.0 Å². The molecule has 0 aliphatic heterocycles. The number of benzene rings is 1. The summed E-state index contributed by atoms with van der Waals surface area (Å²) < 4.78 is 0.